The molecule has 0 saturated heterocycles. The highest BCUT2D eigenvalue weighted by Gasteiger charge is 2.16. The highest BCUT2D eigenvalue weighted by atomic mass is 16.6. The van der Waals surface area contributed by atoms with Crippen LogP contribution in [0, 0.1) is 0 Å². The van der Waals surface area contributed by atoms with Gasteiger partial charge in [0.25, 0.3) is 0 Å². The first-order chi connectivity index (χ1) is 40.6. The summed E-state index contributed by atoms with van der Waals surface area (Å²) in [4.78, 5) is 24.7. The fourth-order valence-electron chi connectivity index (χ4n) is 10.6. The lowest BCUT2D eigenvalue weighted by Gasteiger charge is -2.15. The lowest BCUT2D eigenvalue weighted by Crippen LogP contribution is -2.28. The van der Waals surface area contributed by atoms with Crippen molar-refractivity contribution in [2.75, 3.05) is 13.2 Å². The minimum Gasteiger partial charge on any atom is -0.462 e. The summed E-state index contributed by atoms with van der Waals surface area (Å²) in [5.41, 5.74) is 0. The molecule has 474 valence electrons. The molecule has 0 fully saturated rings. The molecule has 0 aromatic heterocycles. The van der Waals surface area contributed by atoms with Crippen LogP contribution in [-0.4, -0.2) is 36.4 Å². The Balaban J connectivity index is 3.46. The first kappa shape index (κ1) is 78.8. The number of esters is 2. The van der Waals surface area contributed by atoms with Crippen molar-refractivity contribution in [3.63, 3.8) is 0 Å². The largest absolute Gasteiger partial charge is 0.462 e. The number of unbranched alkanes of at least 4 members (excludes halogenated alkanes) is 42. The van der Waals surface area contributed by atoms with Gasteiger partial charge in [0.2, 0.25) is 0 Å². The number of ether oxygens (including phenoxy) is 2. The molecule has 1 atom stereocenters. The molecule has 0 bridgehead atoms. The Kier molecular flexibility index (Phi) is 69.3. The SMILES string of the molecule is CC/C=C\C/C=C\C/C=C\C/C=C\C/C=C\C/C=C\C/C=C\C/C=C\CCCCCCCCCCCCC(=O)OC(CO)COC(=O)CCCCCCCCCCCCCCCCCCCCCCCCCCCCCCCCCCC. The molecule has 0 aromatic carbocycles. The zero-order chi connectivity index (χ0) is 59.1. The smallest absolute Gasteiger partial charge is 0.306 e. The molecule has 0 aromatic rings. The first-order valence-corrected chi connectivity index (χ1v) is 35.8. The van der Waals surface area contributed by atoms with E-state index in [1.165, 1.54) is 244 Å². The van der Waals surface area contributed by atoms with E-state index in [1.54, 1.807) is 0 Å². The third-order valence-corrected chi connectivity index (χ3v) is 15.9. The van der Waals surface area contributed by atoms with Gasteiger partial charge in [-0.15, -0.1) is 0 Å². The van der Waals surface area contributed by atoms with Gasteiger partial charge >= 0.3 is 11.9 Å². The second kappa shape index (κ2) is 72.1. The predicted octanol–water partition coefficient (Wildman–Crippen LogP) is 25.0. The van der Waals surface area contributed by atoms with Crippen molar-refractivity contribution in [3.8, 4) is 0 Å². The van der Waals surface area contributed by atoms with Crippen LogP contribution in [0.4, 0.5) is 0 Å². The normalized spacial score (nSPS) is 12.8. The molecular weight excluding hydrogens is 1000 g/mol. The van der Waals surface area contributed by atoms with Crippen LogP contribution in [0.3, 0.4) is 0 Å². The van der Waals surface area contributed by atoms with Crippen LogP contribution >= 0.6 is 0 Å². The van der Waals surface area contributed by atoms with E-state index in [1.807, 2.05) is 0 Å². The summed E-state index contributed by atoms with van der Waals surface area (Å²) in [6, 6.07) is 0. The maximum Gasteiger partial charge on any atom is 0.306 e. The second-order valence-corrected chi connectivity index (χ2v) is 23.9. The molecule has 82 heavy (non-hydrogen) atoms. The number of carbonyl (C=O) groups is 2. The number of rotatable bonds is 66. The third kappa shape index (κ3) is 69.3. The van der Waals surface area contributed by atoms with Gasteiger partial charge in [-0.25, -0.2) is 0 Å². The topological polar surface area (TPSA) is 72.8 Å². The van der Waals surface area contributed by atoms with E-state index in [0.717, 1.165) is 89.9 Å². The fraction of sp³-hybridized carbons (Fsp3) is 0.766. The Bertz CT molecular complexity index is 1530. The van der Waals surface area contributed by atoms with Gasteiger partial charge in [0.05, 0.1) is 6.61 Å². The summed E-state index contributed by atoms with van der Waals surface area (Å²) in [6.45, 7) is 4.07. The van der Waals surface area contributed by atoms with Gasteiger partial charge < -0.3 is 14.6 Å². The van der Waals surface area contributed by atoms with E-state index in [9.17, 15) is 14.7 Å². The molecule has 5 nitrogen and oxygen atoms in total. The number of aliphatic hydroxyl groups excluding tert-OH is 1. The van der Waals surface area contributed by atoms with Gasteiger partial charge in [-0.05, 0) is 77.0 Å². The Labute approximate surface area is 510 Å². The van der Waals surface area contributed by atoms with E-state index in [4.69, 9.17) is 9.47 Å². The Morgan fingerprint density at radius 1 is 0.293 bits per heavy atom. The van der Waals surface area contributed by atoms with Crippen LogP contribution < -0.4 is 0 Å². The summed E-state index contributed by atoms with van der Waals surface area (Å²) in [7, 11) is 0. The molecule has 1 unspecified atom stereocenters. The molecule has 0 saturated carbocycles. The molecule has 1 N–H and O–H groups in total. The van der Waals surface area contributed by atoms with E-state index >= 15 is 0 Å². The van der Waals surface area contributed by atoms with E-state index in [0.29, 0.717) is 12.8 Å². The molecule has 5 heteroatoms. The monoisotopic (exact) mass is 1140 g/mol. The highest BCUT2D eigenvalue weighted by molar-refractivity contribution is 5.70. The highest BCUT2D eigenvalue weighted by Crippen LogP contribution is 2.18. The molecule has 0 aliphatic carbocycles. The second-order valence-electron chi connectivity index (χ2n) is 23.9. The van der Waals surface area contributed by atoms with Gasteiger partial charge in [-0.1, -0.05) is 368 Å². The van der Waals surface area contributed by atoms with E-state index in [2.05, 4.69) is 111 Å². The van der Waals surface area contributed by atoms with E-state index in [-0.39, 0.29) is 25.2 Å². The molecule has 0 aliphatic heterocycles. The van der Waals surface area contributed by atoms with Gasteiger partial charge in [0.1, 0.15) is 6.61 Å². The lowest BCUT2D eigenvalue weighted by molar-refractivity contribution is -0.161. The van der Waals surface area contributed by atoms with Crippen LogP contribution in [0.5, 0.6) is 0 Å². The van der Waals surface area contributed by atoms with Gasteiger partial charge in [-0.2, -0.15) is 0 Å². The van der Waals surface area contributed by atoms with E-state index < -0.39 is 6.10 Å². The minimum atomic E-state index is -0.780. The van der Waals surface area contributed by atoms with Crippen LogP contribution in [0.2, 0.25) is 0 Å². The summed E-state index contributed by atoms with van der Waals surface area (Å²) in [5, 5.41) is 9.71. The summed E-state index contributed by atoms with van der Waals surface area (Å²) < 4.78 is 10.8. The number of carbonyl (C=O) groups excluding carboxylic acids is 2. The zero-order valence-electron chi connectivity index (χ0n) is 54.5. The van der Waals surface area contributed by atoms with Gasteiger partial charge in [0, 0.05) is 12.8 Å². The number of aliphatic hydroxyl groups is 1. The minimum absolute atomic E-state index is 0.0676. The van der Waals surface area contributed by atoms with Crippen molar-refractivity contribution in [3.05, 3.63) is 97.2 Å². The maximum absolute atomic E-state index is 12.4. The van der Waals surface area contributed by atoms with Gasteiger partial charge in [0.15, 0.2) is 6.10 Å². The predicted molar refractivity (Wildman–Crippen MR) is 362 cm³/mol. The average molecular weight is 1140 g/mol. The van der Waals surface area contributed by atoms with Crippen LogP contribution in [0.25, 0.3) is 0 Å². The van der Waals surface area contributed by atoms with Crippen LogP contribution in [0.1, 0.15) is 361 Å². The molecule has 0 aliphatic rings. The molecule has 0 heterocycles. The number of allylic oxidation sites excluding steroid dienone is 16. The molecule has 0 spiro atoms. The lowest BCUT2D eigenvalue weighted by atomic mass is 10.0. The molecule has 0 rings (SSSR count). The Morgan fingerprint density at radius 2 is 0.524 bits per heavy atom. The van der Waals surface area contributed by atoms with Crippen molar-refractivity contribution in [1.29, 1.82) is 0 Å². The van der Waals surface area contributed by atoms with Crippen molar-refractivity contribution in [2.45, 2.75) is 367 Å². The van der Waals surface area contributed by atoms with Crippen molar-refractivity contribution in [1.82, 2.24) is 0 Å². The zero-order valence-corrected chi connectivity index (χ0v) is 54.5. The molecule has 0 amide bonds. The van der Waals surface area contributed by atoms with Crippen LogP contribution in [0.15, 0.2) is 97.2 Å². The molecular formula is C77H136O5. The van der Waals surface area contributed by atoms with Crippen molar-refractivity contribution < 1.29 is 24.2 Å². The molecule has 0 radical (unpaired) electrons. The average Bonchev–Trinajstić information content (AvgIpc) is 3.49. The fourth-order valence-corrected chi connectivity index (χ4v) is 10.6. The standard InChI is InChI=1S/C77H136O5/c1-3-5-7-9-11-13-15-17-19-21-23-25-27-29-31-33-35-37-38-40-42-44-46-48-50-52-54-56-58-60-62-64-66-68-70-72-77(80)82-75(73-78)74-81-76(79)71-69-67-65-63-61-59-57-55-53-51-49-47-45-43-41-39-36-34-32-30-28-26-24-22-20-18-16-14-12-10-8-6-4-2/h5,7,11,13,17,19,23,25,29,31,35,37,40,42,46,48,75,78H,3-4,6,8-10,12,14-16,18,20-22,24,26-28,30,32-34,36,38-39,41,43-45,47,49-74H2,1-2H3/b7-5-,13-11-,19-17-,25-23-,31-29-,37-35-,42-40-,48-46-. The maximum atomic E-state index is 12.4. The quantitative estimate of drug-likeness (QED) is 0.0373. The summed E-state index contributed by atoms with van der Waals surface area (Å²) in [5.74, 6) is -0.583. The van der Waals surface area contributed by atoms with Crippen molar-refractivity contribution >= 4 is 11.9 Å². The first-order valence-electron chi connectivity index (χ1n) is 35.8. The Hall–Kier alpha value is -3.18. The number of hydrogen-bond acceptors (Lipinski definition) is 5. The van der Waals surface area contributed by atoms with Gasteiger partial charge in [-0.3, -0.25) is 9.59 Å². The summed E-state index contributed by atoms with van der Waals surface area (Å²) in [6.07, 6.45) is 103. The van der Waals surface area contributed by atoms with Crippen molar-refractivity contribution in [2.24, 2.45) is 0 Å². The third-order valence-electron chi connectivity index (χ3n) is 15.9. The Morgan fingerprint density at radius 3 is 0.793 bits per heavy atom. The van der Waals surface area contributed by atoms with Crippen LogP contribution in [-0.2, 0) is 19.1 Å². The summed E-state index contributed by atoms with van der Waals surface area (Å²) >= 11 is 0. The number of hydrogen-bond donors (Lipinski definition) is 1.